The summed E-state index contributed by atoms with van der Waals surface area (Å²) in [6.07, 6.45) is -0.562. The minimum Gasteiger partial charge on any atom is -0.371 e. The zero-order chi connectivity index (χ0) is 12.9. The molecule has 17 heavy (non-hydrogen) atoms. The molecule has 2 nitrogen and oxygen atoms in total. The van der Waals surface area contributed by atoms with Crippen molar-refractivity contribution in [1.29, 1.82) is 0 Å². The van der Waals surface area contributed by atoms with Crippen molar-refractivity contribution in [3.8, 4) is 0 Å². The second kappa shape index (κ2) is 6.59. The van der Waals surface area contributed by atoms with Crippen LogP contribution >= 0.6 is 0 Å². The SMILES string of the molecule is CC1CCCC(C)C1NCCOCC(F)(F)F. The van der Waals surface area contributed by atoms with E-state index in [9.17, 15) is 13.2 Å². The van der Waals surface area contributed by atoms with Crippen LogP contribution in [0, 0.1) is 11.8 Å². The van der Waals surface area contributed by atoms with Crippen molar-refractivity contribution >= 4 is 0 Å². The van der Waals surface area contributed by atoms with E-state index in [1.807, 2.05) is 0 Å². The Hall–Kier alpha value is -0.290. The third kappa shape index (κ3) is 5.73. The molecule has 1 N–H and O–H groups in total. The van der Waals surface area contributed by atoms with Crippen molar-refractivity contribution in [2.24, 2.45) is 11.8 Å². The molecule has 0 amide bonds. The summed E-state index contributed by atoms with van der Waals surface area (Å²) in [4.78, 5) is 0. The fourth-order valence-corrected chi connectivity index (χ4v) is 2.57. The smallest absolute Gasteiger partial charge is 0.371 e. The Labute approximate surface area is 101 Å². The first kappa shape index (κ1) is 14.8. The number of alkyl halides is 3. The molecule has 0 saturated heterocycles. The molecule has 2 atom stereocenters. The molecule has 0 spiro atoms. The lowest BCUT2D eigenvalue weighted by Gasteiger charge is -2.35. The highest BCUT2D eigenvalue weighted by Gasteiger charge is 2.28. The summed E-state index contributed by atoms with van der Waals surface area (Å²) in [5.41, 5.74) is 0. The predicted molar refractivity (Wildman–Crippen MR) is 60.8 cm³/mol. The molecule has 102 valence electrons. The first-order valence-electron chi connectivity index (χ1n) is 6.28. The van der Waals surface area contributed by atoms with Crippen LogP contribution in [0.3, 0.4) is 0 Å². The van der Waals surface area contributed by atoms with Gasteiger partial charge in [0, 0.05) is 12.6 Å². The quantitative estimate of drug-likeness (QED) is 0.761. The van der Waals surface area contributed by atoms with Gasteiger partial charge in [-0.3, -0.25) is 0 Å². The van der Waals surface area contributed by atoms with Gasteiger partial charge in [-0.05, 0) is 24.7 Å². The lowest BCUT2D eigenvalue weighted by Crippen LogP contribution is -2.44. The second-order valence-electron chi connectivity index (χ2n) is 5.03. The summed E-state index contributed by atoms with van der Waals surface area (Å²) in [5, 5.41) is 3.32. The normalized spacial score (nSPS) is 30.5. The molecule has 5 heteroatoms. The first-order chi connectivity index (χ1) is 7.90. The van der Waals surface area contributed by atoms with E-state index in [2.05, 4.69) is 23.9 Å². The van der Waals surface area contributed by atoms with Crippen LogP contribution in [0.1, 0.15) is 33.1 Å². The second-order valence-corrected chi connectivity index (χ2v) is 5.03. The van der Waals surface area contributed by atoms with Gasteiger partial charge < -0.3 is 10.1 Å². The van der Waals surface area contributed by atoms with Crippen LogP contribution in [0.15, 0.2) is 0 Å². The summed E-state index contributed by atoms with van der Waals surface area (Å²) < 4.78 is 40.0. The van der Waals surface area contributed by atoms with Crippen molar-refractivity contribution in [1.82, 2.24) is 5.32 Å². The predicted octanol–water partition coefficient (Wildman–Crippen LogP) is 2.98. The number of halogens is 3. The Morgan fingerprint density at radius 1 is 1.18 bits per heavy atom. The Bertz CT molecular complexity index is 210. The van der Waals surface area contributed by atoms with Gasteiger partial charge in [0.1, 0.15) is 6.61 Å². The van der Waals surface area contributed by atoms with Crippen LogP contribution in [-0.4, -0.2) is 32.0 Å². The highest BCUT2D eigenvalue weighted by Crippen LogP contribution is 2.28. The molecule has 0 aliphatic heterocycles. The maximum absolute atomic E-state index is 11.8. The summed E-state index contributed by atoms with van der Waals surface area (Å²) in [5.74, 6) is 1.20. The van der Waals surface area contributed by atoms with Gasteiger partial charge >= 0.3 is 6.18 Å². The number of nitrogens with one attached hydrogen (secondary N) is 1. The Morgan fingerprint density at radius 2 is 1.76 bits per heavy atom. The number of ether oxygens (including phenoxy) is 1. The zero-order valence-corrected chi connectivity index (χ0v) is 10.5. The van der Waals surface area contributed by atoms with E-state index in [1.54, 1.807) is 0 Å². The molecule has 1 fully saturated rings. The van der Waals surface area contributed by atoms with Crippen molar-refractivity contribution in [2.75, 3.05) is 19.8 Å². The molecule has 0 bridgehead atoms. The molecule has 1 saturated carbocycles. The number of rotatable bonds is 5. The third-order valence-corrected chi connectivity index (χ3v) is 3.44. The van der Waals surface area contributed by atoms with Gasteiger partial charge in [-0.2, -0.15) is 13.2 Å². The Balaban J connectivity index is 2.13. The number of hydrogen-bond acceptors (Lipinski definition) is 2. The van der Waals surface area contributed by atoms with E-state index in [0.29, 0.717) is 24.4 Å². The molecule has 0 radical (unpaired) electrons. The average Bonchev–Trinajstić information content (AvgIpc) is 2.20. The molecular formula is C12H22F3NO. The van der Waals surface area contributed by atoms with Gasteiger partial charge in [0.15, 0.2) is 0 Å². The van der Waals surface area contributed by atoms with Crippen LogP contribution in [0.4, 0.5) is 13.2 Å². The average molecular weight is 253 g/mol. The largest absolute Gasteiger partial charge is 0.411 e. The van der Waals surface area contributed by atoms with Crippen molar-refractivity contribution in [3.05, 3.63) is 0 Å². The minimum absolute atomic E-state index is 0.120. The van der Waals surface area contributed by atoms with Gasteiger partial charge in [-0.15, -0.1) is 0 Å². The summed E-state index contributed by atoms with van der Waals surface area (Å²) in [6.45, 7) is 3.86. The highest BCUT2D eigenvalue weighted by molar-refractivity contribution is 4.83. The van der Waals surface area contributed by atoms with Crippen molar-refractivity contribution in [2.45, 2.75) is 45.3 Å². The Morgan fingerprint density at radius 3 is 2.29 bits per heavy atom. The molecule has 0 aromatic rings. The van der Waals surface area contributed by atoms with Gasteiger partial charge in [-0.1, -0.05) is 20.3 Å². The monoisotopic (exact) mass is 253 g/mol. The summed E-state index contributed by atoms with van der Waals surface area (Å²) in [6, 6.07) is 0.415. The fraction of sp³-hybridized carbons (Fsp3) is 1.00. The topological polar surface area (TPSA) is 21.3 Å². The van der Waals surface area contributed by atoms with Gasteiger partial charge in [0.05, 0.1) is 6.61 Å². The van der Waals surface area contributed by atoms with Crippen molar-refractivity contribution < 1.29 is 17.9 Å². The van der Waals surface area contributed by atoms with E-state index < -0.39 is 12.8 Å². The number of hydrogen-bond donors (Lipinski definition) is 1. The van der Waals surface area contributed by atoms with E-state index in [1.165, 1.54) is 19.3 Å². The molecule has 1 aliphatic carbocycles. The minimum atomic E-state index is -4.22. The first-order valence-corrected chi connectivity index (χ1v) is 6.28. The van der Waals surface area contributed by atoms with Crippen LogP contribution in [-0.2, 0) is 4.74 Å². The van der Waals surface area contributed by atoms with Gasteiger partial charge in [-0.25, -0.2) is 0 Å². The molecule has 0 aromatic heterocycles. The third-order valence-electron chi connectivity index (χ3n) is 3.44. The molecule has 2 unspecified atom stereocenters. The maximum Gasteiger partial charge on any atom is 0.411 e. The molecule has 0 heterocycles. The zero-order valence-electron chi connectivity index (χ0n) is 10.5. The van der Waals surface area contributed by atoms with E-state index in [4.69, 9.17) is 0 Å². The van der Waals surface area contributed by atoms with Crippen LogP contribution in [0.25, 0.3) is 0 Å². The van der Waals surface area contributed by atoms with E-state index in [0.717, 1.165) is 0 Å². The standard InChI is InChI=1S/C12H22F3NO/c1-9-4-3-5-10(2)11(9)16-6-7-17-8-12(13,14)15/h9-11,16H,3-8H2,1-2H3. The molecule has 1 aliphatic rings. The molecular weight excluding hydrogens is 231 g/mol. The highest BCUT2D eigenvalue weighted by atomic mass is 19.4. The Kier molecular flexibility index (Phi) is 5.73. The maximum atomic E-state index is 11.8. The van der Waals surface area contributed by atoms with E-state index >= 15 is 0 Å². The van der Waals surface area contributed by atoms with E-state index in [-0.39, 0.29) is 6.61 Å². The van der Waals surface area contributed by atoms with Crippen molar-refractivity contribution in [3.63, 3.8) is 0 Å². The van der Waals surface area contributed by atoms with Gasteiger partial charge in [0.2, 0.25) is 0 Å². The lowest BCUT2D eigenvalue weighted by atomic mass is 9.79. The molecule has 0 aromatic carbocycles. The lowest BCUT2D eigenvalue weighted by molar-refractivity contribution is -0.173. The van der Waals surface area contributed by atoms with Gasteiger partial charge in [0.25, 0.3) is 0 Å². The fourth-order valence-electron chi connectivity index (χ4n) is 2.57. The summed E-state index contributed by atoms with van der Waals surface area (Å²) >= 11 is 0. The molecule has 1 rings (SSSR count). The van der Waals surface area contributed by atoms with Crippen LogP contribution in [0.5, 0.6) is 0 Å². The van der Waals surface area contributed by atoms with Crippen LogP contribution < -0.4 is 5.32 Å². The summed E-state index contributed by atoms with van der Waals surface area (Å²) in [7, 11) is 0. The van der Waals surface area contributed by atoms with Crippen LogP contribution in [0.2, 0.25) is 0 Å².